The fourth-order valence-corrected chi connectivity index (χ4v) is 2.89. The van der Waals surface area contributed by atoms with Gasteiger partial charge in [0.1, 0.15) is 0 Å². The van der Waals surface area contributed by atoms with Crippen molar-refractivity contribution in [1.82, 2.24) is 5.32 Å². The molecule has 1 saturated heterocycles. The number of ether oxygens (including phenoxy) is 1. The van der Waals surface area contributed by atoms with E-state index in [0.29, 0.717) is 6.10 Å². The smallest absolute Gasteiger partial charge is 0.0746 e. The van der Waals surface area contributed by atoms with Crippen LogP contribution in [0, 0.1) is 0 Å². The van der Waals surface area contributed by atoms with Crippen LogP contribution in [-0.4, -0.2) is 33.4 Å². The van der Waals surface area contributed by atoms with Crippen molar-refractivity contribution in [3.8, 4) is 0 Å². The minimum Gasteiger partial charge on any atom is -0.380 e. The van der Waals surface area contributed by atoms with E-state index in [1.54, 1.807) is 7.11 Å². The Kier molecular flexibility index (Phi) is 4.87. The Labute approximate surface area is 114 Å². The van der Waals surface area contributed by atoms with Gasteiger partial charge < -0.3 is 15.0 Å². The van der Waals surface area contributed by atoms with Crippen LogP contribution in [0.4, 0.5) is 5.69 Å². The van der Waals surface area contributed by atoms with Gasteiger partial charge in [0.05, 0.1) is 16.8 Å². The predicted octanol–water partition coefficient (Wildman–Crippen LogP) is 2.67. The second-order valence-electron chi connectivity index (χ2n) is 4.72. The van der Waals surface area contributed by atoms with E-state index in [4.69, 9.17) is 16.3 Å². The summed E-state index contributed by atoms with van der Waals surface area (Å²) in [5, 5.41) is 4.03. The van der Waals surface area contributed by atoms with Gasteiger partial charge in [-0.1, -0.05) is 23.7 Å². The van der Waals surface area contributed by atoms with Gasteiger partial charge in [0.15, 0.2) is 0 Å². The molecule has 0 aliphatic carbocycles. The molecule has 100 valence electrons. The summed E-state index contributed by atoms with van der Waals surface area (Å²) in [5.41, 5.74) is 2.41. The first kappa shape index (κ1) is 13.7. The molecule has 1 aromatic rings. The number of hydrogen-bond acceptors (Lipinski definition) is 3. The predicted molar refractivity (Wildman–Crippen MR) is 76.5 cm³/mol. The van der Waals surface area contributed by atoms with E-state index in [1.807, 2.05) is 19.2 Å². The van der Waals surface area contributed by atoms with E-state index in [-0.39, 0.29) is 0 Å². The third-order valence-electron chi connectivity index (χ3n) is 3.47. The van der Waals surface area contributed by atoms with E-state index in [1.165, 1.54) is 5.56 Å². The topological polar surface area (TPSA) is 24.5 Å². The molecule has 1 atom stereocenters. The number of nitrogens with one attached hydrogen (secondary N) is 1. The van der Waals surface area contributed by atoms with Gasteiger partial charge in [-0.2, -0.15) is 0 Å². The highest BCUT2D eigenvalue weighted by Gasteiger charge is 2.22. The van der Waals surface area contributed by atoms with Crippen LogP contribution in [0.2, 0.25) is 5.02 Å². The molecule has 0 amide bonds. The van der Waals surface area contributed by atoms with Crippen LogP contribution in [0.25, 0.3) is 0 Å². The van der Waals surface area contributed by atoms with E-state index >= 15 is 0 Å². The van der Waals surface area contributed by atoms with Crippen molar-refractivity contribution in [2.45, 2.75) is 25.5 Å². The van der Waals surface area contributed by atoms with Crippen molar-refractivity contribution in [3.05, 3.63) is 28.8 Å². The van der Waals surface area contributed by atoms with Crippen molar-refractivity contribution >= 4 is 17.3 Å². The molecule has 1 fully saturated rings. The highest BCUT2D eigenvalue weighted by atomic mass is 35.5. The minimum atomic E-state index is 0.317. The highest BCUT2D eigenvalue weighted by molar-refractivity contribution is 6.33. The van der Waals surface area contributed by atoms with Crippen LogP contribution in [0.1, 0.15) is 18.4 Å². The third-order valence-corrected chi connectivity index (χ3v) is 3.77. The summed E-state index contributed by atoms with van der Waals surface area (Å²) >= 11 is 6.38. The lowest BCUT2D eigenvalue weighted by atomic mass is 10.0. The Morgan fingerprint density at radius 3 is 3.06 bits per heavy atom. The molecular formula is C14H21ClN2O. The number of halogens is 1. The molecule has 0 bridgehead atoms. The van der Waals surface area contributed by atoms with E-state index in [2.05, 4.69) is 16.3 Å². The Morgan fingerprint density at radius 1 is 1.50 bits per heavy atom. The number of hydrogen-bond donors (Lipinski definition) is 1. The summed E-state index contributed by atoms with van der Waals surface area (Å²) in [5.74, 6) is 0. The SMILES string of the molecule is CNCc1cccc(Cl)c1N1CCCC(OC)C1. The Balaban J connectivity index is 2.25. The number of anilines is 1. The fraction of sp³-hybridized carbons (Fsp3) is 0.571. The molecule has 18 heavy (non-hydrogen) atoms. The lowest BCUT2D eigenvalue weighted by molar-refractivity contribution is 0.0893. The monoisotopic (exact) mass is 268 g/mol. The molecule has 1 heterocycles. The number of benzene rings is 1. The summed E-state index contributed by atoms with van der Waals surface area (Å²) in [6, 6.07) is 6.11. The number of rotatable bonds is 4. The molecule has 1 aliphatic heterocycles. The molecule has 3 nitrogen and oxygen atoms in total. The molecular weight excluding hydrogens is 248 g/mol. The summed E-state index contributed by atoms with van der Waals surface area (Å²) in [6.07, 6.45) is 2.61. The van der Waals surface area contributed by atoms with Crippen LogP contribution in [-0.2, 0) is 11.3 Å². The average molecular weight is 269 g/mol. The van der Waals surface area contributed by atoms with Gasteiger partial charge in [0, 0.05) is 26.7 Å². The van der Waals surface area contributed by atoms with Crippen molar-refractivity contribution in [3.63, 3.8) is 0 Å². The lowest BCUT2D eigenvalue weighted by Crippen LogP contribution is -2.40. The third kappa shape index (κ3) is 2.97. The standard InChI is InChI=1S/C14H21ClN2O/c1-16-9-11-5-3-7-13(15)14(11)17-8-4-6-12(10-17)18-2/h3,5,7,12,16H,4,6,8-10H2,1-2H3. The van der Waals surface area contributed by atoms with Gasteiger partial charge in [-0.05, 0) is 31.5 Å². The Bertz CT molecular complexity index is 397. The van der Waals surface area contributed by atoms with Gasteiger partial charge in [0.25, 0.3) is 0 Å². The Morgan fingerprint density at radius 2 is 2.33 bits per heavy atom. The maximum Gasteiger partial charge on any atom is 0.0746 e. The van der Waals surface area contributed by atoms with Crippen LogP contribution >= 0.6 is 11.6 Å². The van der Waals surface area contributed by atoms with E-state index in [0.717, 1.165) is 43.2 Å². The zero-order chi connectivity index (χ0) is 13.0. The largest absolute Gasteiger partial charge is 0.380 e. The van der Waals surface area contributed by atoms with Gasteiger partial charge in [0.2, 0.25) is 0 Å². The highest BCUT2D eigenvalue weighted by Crippen LogP contribution is 2.32. The van der Waals surface area contributed by atoms with E-state index < -0.39 is 0 Å². The van der Waals surface area contributed by atoms with E-state index in [9.17, 15) is 0 Å². The van der Waals surface area contributed by atoms with Crippen LogP contribution < -0.4 is 10.2 Å². The molecule has 2 rings (SSSR count). The first-order valence-corrected chi connectivity index (χ1v) is 6.83. The maximum atomic E-state index is 6.38. The maximum absolute atomic E-state index is 6.38. The molecule has 1 N–H and O–H groups in total. The summed E-state index contributed by atoms with van der Waals surface area (Å²) in [6.45, 7) is 2.82. The van der Waals surface area contributed by atoms with Gasteiger partial charge in [-0.25, -0.2) is 0 Å². The fourth-order valence-electron chi connectivity index (χ4n) is 2.58. The van der Waals surface area contributed by atoms with Gasteiger partial charge in [-0.15, -0.1) is 0 Å². The molecule has 0 spiro atoms. The summed E-state index contributed by atoms with van der Waals surface area (Å²) < 4.78 is 5.48. The second kappa shape index (κ2) is 6.41. The van der Waals surface area contributed by atoms with Crippen LogP contribution in [0.15, 0.2) is 18.2 Å². The van der Waals surface area contributed by atoms with Crippen molar-refractivity contribution in [2.75, 3.05) is 32.1 Å². The van der Waals surface area contributed by atoms with Gasteiger partial charge >= 0.3 is 0 Å². The van der Waals surface area contributed by atoms with Gasteiger partial charge in [-0.3, -0.25) is 0 Å². The first-order valence-electron chi connectivity index (χ1n) is 6.46. The quantitative estimate of drug-likeness (QED) is 0.909. The lowest BCUT2D eigenvalue weighted by Gasteiger charge is -2.35. The molecule has 1 aliphatic rings. The number of nitrogens with zero attached hydrogens (tertiary/aromatic N) is 1. The number of piperidine rings is 1. The van der Waals surface area contributed by atoms with Crippen molar-refractivity contribution in [2.24, 2.45) is 0 Å². The zero-order valence-corrected chi connectivity index (χ0v) is 11.8. The van der Waals surface area contributed by atoms with Crippen LogP contribution in [0.3, 0.4) is 0 Å². The summed E-state index contributed by atoms with van der Waals surface area (Å²) in [4.78, 5) is 2.35. The molecule has 0 radical (unpaired) electrons. The molecule has 0 saturated carbocycles. The second-order valence-corrected chi connectivity index (χ2v) is 5.13. The molecule has 1 unspecified atom stereocenters. The molecule has 0 aromatic heterocycles. The number of methoxy groups -OCH3 is 1. The minimum absolute atomic E-state index is 0.317. The number of para-hydroxylation sites is 1. The molecule has 1 aromatic carbocycles. The first-order chi connectivity index (χ1) is 8.76. The summed E-state index contributed by atoms with van der Waals surface area (Å²) in [7, 11) is 3.74. The molecule has 4 heteroatoms. The average Bonchev–Trinajstić information content (AvgIpc) is 2.39. The normalized spacial score (nSPS) is 20.2. The van der Waals surface area contributed by atoms with Crippen molar-refractivity contribution in [1.29, 1.82) is 0 Å². The van der Waals surface area contributed by atoms with Crippen LogP contribution in [0.5, 0.6) is 0 Å². The Hall–Kier alpha value is -0.770. The van der Waals surface area contributed by atoms with Crippen molar-refractivity contribution < 1.29 is 4.74 Å². The zero-order valence-electron chi connectivity index (χ0n) is 11.1.